The van der Waals surface area contributed by atoms with Gasteiger partial charge in [0.2, 0.25) is 0 Å². The molecule has 4 nitrogen and oxygen atoms in total. The lowest BCUT2D eigenvalue weighted by Gasteiger charge is -2.09. The molecule has 1 heterocycles. The van der Waals surface area contributed by atoms with E-state index in [4.69, 9.17) is 12.2 Å². The van der Waals surface area contributed by atoms with E-state index in [1.165, 1.54) is 12.1 Å². The van der Waals surface area contributed by atoms with Crippen molar-refractivity contribution < 1.29 is 9.50 Å². The minimum Gasteiger partial charge on any atom is -0.507 e. The number of H-pyrrole nitrogens is 1. The maximum Gasteiger partial charge on any atom is 0.195 e. The zero-order valence-corrected chi connectivity index (χ0v) is 13.7. The van der Waals surface area contributed by atoms with E-state index in [-0.39, 0.29) is 11.6 Å². The van der Waals surface area contributed by atoms with Crippen molar-refractivity contribution in [2.24, 2.45) is 0 Å². The Balaban J connectivity index is 2.06. The van der Waals surface area contributed by atoms with Gasteiger partial charge in [-0.3, -0.25) is 9.67 Å². The maximum atomic E-state index is 13.0. The number of hydrogen-bond acceptors (Lipinski definition) is 3. The first-order chi connectivity index (χ1) is 10.5. The van der Waals surface area contributed by atoms with E-state index in [1.807, 2.05) is 0 Å². The molecule has 0 fully saturated rings. The fraction of sp³-hybridized carbons (Fsp3) is 0.0667. The number of aromatic nitrogens is 3. The number of aromatic hydroxyl groups is 1. The average molecular weight is 380 g/mol. The van der Waals surface area contributed by atoms with E-state index in [0.29, 0.717) is 22.7 Å². The van der Waals surface area contributed by atoms with Gasteiger partial charge in [0.15, 0.2) is 10.6 Å². The minimum atomic E-state index is -0.288. The summed E-state index contributed by atoms with van der Waals surface area (Å²) in [5, 5.41) is 17.0. The van der Waals surface area contributed by atoms with Crippen molar-refractivity contribution in [2.75, 3.05) is 0 Å². The van der Waals surface area contributed by atoms with Crippen LogP contribution in [0.2, 0.25) is 0 Å². The van der Waals surface area contributed by atoms with Crippen LogP contribution in [0.15, 0.2) is 46.9 Å². The van der Waals surface area contributed by atoms with Crippen LogP contribution in [0.4, 0.5) is 4.39 Å². The van der Waals surface area contributed by atoms with Crippen molar-refractivity contribution in [1.29, 1.82) is 0 Å². The van der Waals surface area contributed by atoms with Crippen molar-refractivity contribution in [1.82, 2.24) is 14.8 Å². The second-order valence-electron chi connectivity index (χ2n) is 4.73. The number of benzene rings is 2. The summed E-state index contributed by atoms with van der Waals surface area (Å²) in [5.41, 5.74) is 1.44. The molecular weight excluding hydrogens is 369 g/mol. The molecule has 0 atom stereocenters. The van der Waals surface area contributed by atoms with Gasteiger partial charge in [-0.1, -0.05) is 28.1 Å². The Morgan fingerprint density at radius 3 is 2.68 bits per heavy atom. The molecule has 0 saturated carbocycles. The fourth-order valence-electron chi connectivity index (χ4n) is 2.13. The van der Waals surface area contributed by atoms with Crippen LogP contribution in [0, 0.1) is 10.6 Å². The largest absolute Gasteiger partial charge is 0.507 e. The Kier molecular flexibility index (Phi) is 4.08. The normalized spacial score (nSPS) is 10.8. The lowest BCUT2D eigenvalue weighted by atomic mass is 10.1. The first-order valence-corrected chi connectivity index (χ1v) is 7.63. The van der Waals surface area contributed by atoms with Crippen LogP contribution in [-0.4, -0.2) is 19.9 Å². The molecule has 0 aliphatic carbocycles. The molecule has 0 saturated heterocycles. The highest BCUT2D eigenvalue weighted by atomic mass is 79.9. The number of aromatic amines is 1. The number of phenolic OH excluding ortho intramolecular Hbond substituents is 1. The van der Waals surface area contributed by atoms with Gasteiger partial charge < -0.3 is 5.11 Å². The van der Waals surface area contributed by atoms with Crippen molar-refractivity contribution in [2.45, 2.75) is 6.54 Å². The molecule has 0 spiro atoms. The van der Waals surface area contributed by atoms with E-state index < -0.39 is 0 Å². The van der Waals surface area contributed by atoms with Crippen LogP contribution in [0.1, 0.15) is 5.56 Å². The molecular formula is C15H11BrFN3OS. The summed E-state index contributed by atoms with van der Waals surface area (Å²) in [6.07, 6.45) is 0. The fourth-order valence-corrected chi connectivity index (χ4v) is 2.69. The Hall–Kier alpha value is -1.99. The lowest BCUT2D eigenvalue weighted by Crippen LogP contribution is -2.02. The molecule has 2 aromatic carbocycles. The summed E-state index contributed by atoms with van der Waals surface area (Å²) in [5.74, 6) is 0.343. The number of phenols is 1. The van der Waals surface area contributed by atoms with Crippen LogP contribution in [0.25, 0.3) is 11.4 Å². The Morgan fingerprint density at radius 2 is 1.95 bits per heavy atom. The van der Waals surface area contributed by atoms with E-state index in [0.717, 1.165) is 10.0 Å². The molecule has 0 radical (unpaired) electrons. The molecule has 0 aliphatic rings. The van der Waals surface area contributed by atoms with E-state index in [9.17, 15) is 9.50 Å². The molecule has 2 N–H and O–H groups in total. The van der Waals surface area contributed by atoms with Gasteiger partial charge in [-0.2, -0.15) is 5.10 Å². The van der Waals surface area contributed by atoms with Crippen LogP contribution in [-0.2, 0) is 6.54 Å². The van der Waals surface area contributed by atoms with Gasteiger partial charge in [0.25, 0.3) is 0 Å². The van der Waals surface area contributed by atoms with Crippen LogP contribution in [0.3, 0.4) is 0 Å². The van der Waals surface area contributed by atoms with Crippen molar-refractivity contribution in [3.05, 3.63) is 63.1 Å². The van der Waals surface area contributed by atoms with E-state index in [1.54, 1.807) is 34.9 Å². The topological polar surface area (TPSA) is 53.8 Å². The predicted molar refractivity (Wildman–Crippen MR) is 87.7 cm³/mol. The first-order valence-electron chi connectivity index (χ1n) is 6.43. The minimum absolute atomic E-state index is 0.109. The lowest BCUT2D eigenvalue weighted by molar-refractivity contribution is 0.476. The molecule has 7 heteroatoms. The van der Waals surface area contributed by atoms with Gasteiger partial charge in [-0.25, -0.2) is 4.39 Å². The summed E-state index contributed by atoms with van der Waals surface area (Å²) in [6, 6.07) is 11.3. The highest BCUT2D eigenvalue weighted by Crippen LogP contribution is 2.31. The van der Waals surface area contributed by atoms with E-state index >= 15 is 0 Å². The van der Waals surface area contributed by atoms with Crippen molar-refractivity contribution in [3.8, 4) is 17.1 Å². The number of rotatable bonds is 3. The highest BCUT2D eigenvalue weighted by molar-refractivity contribution is 9.10. The average Bonchev–Trinajstić information content (AvgIpc) is 2.85. The third-order valence-corrected chi connectivity index (χ3v) is 4.02. The summed E-state index contributed by atoms with van der Waals surface area (Å²) in [4.78, 5) is 0. The summed E-state index contributed by atoms with van der Waals surface area (Å²) in [6.45, 7) is 0.427. The predicted octanol–water partition coefficient (Wildman–Crippen LogP) is 4.26. The smallest absolute Gasteiger partial charge is 0.195 e. The highest BCUT2D eigenvalue weighted by Gasteiger charge is 2.13. The molecule has 0 aliphatic heterocycles. The third kappa shape index (κ3) is 2.95. The molecule has 3 aromatic rings. The van der Waals surface area contributed by atoms with Crippen molar-refractivity contribution in [3.63, 3.8) is 0 Å². The quantitative estimate of drug-likeness (QED) is 0.668. The number of nitrogens with zero attached hydrogens (tertiary/aromatic N) is 2. The standard InChI is InChI=1S/C15H11BrFN3OS/c16-10-3-6-13(21)12(7-10)14-18-19-15(22)20(14)8-9-1-4-11(17)5-2-9/h1-7,21H,8H2,(H,19,22). The molecule has 22 heavy (non-hydrogen) atoms. The SMILES string of the molecule is Oc1ccc(Br)cc1-c1n[nH]c(=S)n1Cc1ccc(F)cc1. The summed E-state index contributed by atoms with van der Waals surface area (Å²) >= 11 is 8.63. The first kappa shape index (κ1) is 14.9. The van der Waals surface area contributed by atoms with Gasteiger partial charge in [-0.15, -0.1) is 0 Å². The molecule has 1 aromatic heterocycles. The second-order valence-corrected chi connectivity index (χ2v) is 6.03. The number of halogens is 2. The Labute approximate surface area is 139 Å². The Bertz CT molecular complexity index is 873. The summed E-state index contributed by atoms with van der Waals surface area (Å²) in [7, 11) is 0. The molecule has 0 amide bonds. The van der Waals surface area contributed by atoms with Gasteiger partial charge in [0.1, 0.15) is 11.6 Å². The number of hydrogen-bond donors (Lipinski definition) is 2. The van der Waals surface area contributed by atoms with Crippen molar-refractivity contribution >= 4 is 28.1 Å². The molecule has 112 valence electrons. The molecule has 0 bridgehead atoms. The van der Waals surface area contributed by atoms with Gasteiger partial charge in [0, 0.05) is 4.47 Å². The third-order valence-electron chi connectivity index (χ3n) is 3.21. The summed E-state index contributed by atoms with van der Waals surface area (Å²) < 4.78 is 16.0. The Morgan fingerprint density at radius 1 is 1.23 bits per heavy atom. The number of nitrogens with one attached hydrogen (secondary N) is 1. The van der Waals surface area contributed by atoms with Gasteiger partial charge in [-0.05, 0) is 48.1 Å². The maximum absolute atomic E-state index is 13.0. The zero-order valence-electron chi connectivity index (χ0n) is 11.3. The van der Waals surface area contributed by atoms with Gasteiger partial charge >= 0.3 is 0 Å². The van der Waals surface area contributed by atoms with Crippen LogP contribution < -0.4 is 0 Å². The molecule has 3 rings (SSSR count). The zero-order chi connectivity index (χ0) is 15.7. The van der Waals surface area contributed by atoms with E-state index in [2.05, 4.69) is 26.1 Å². The van der Waals surface area contributed by atoms with Crippen LogP contribution >= 0.6 is 28.1 Å². The van der Waals surface area contributed by atoms with Crippen LogP contribution in [0.5, 0.6) is 5.75 Å². The van der Waals surface area contributed by atoms with Gasteiger partial charge in [0.05, 0.1) is 12.1 Å². The monoisotopic (exact) mass is 379 g/mol. The molecule has 0 unspecified atom stereocenters. The second kappa shape index (κ2) is 6.02.